The molecule has 1 aliphatic heterocycles. The van der Waals surface area contributed by atoms with Gasteiger partial charge in [0.2, 0.25) is 5.91 Å². The topological polar surface area (TPSA) is 49.6 Å². The number of carbonyl (C=O) groups excluding carboxylic acids is 1. The van der Waals surface area contributed by atoms with Gasteiger partial charge in [-0.2, -0.15) is 0 Å². The van der Waals surface area contributed by atoms with Gasteiger partial charge in [0.15, 0.2) is 5.58 Å². The summed E-state index contributed by atoms with van der Waals surface area (Å²) in [6.07, 6.45) is 1.24. The fraction of sp³-hybridized carbons (Fsp3) is 0.333. The van der Waals surface area contributed by atoms with Gasteiger partial charge in [-0.05, 0) is 36.2 Å². The Morgan fingerprint density at radius 3 is 2.70 bits per heavy atom. The minimum absolute atomic E-state index is 0.0929. The van der Waals surface area contributed by atoms with Crippen LogP contribution in [0.1, 0.15) is 17.7 Å². The minimum atomic E-state index is -0.281. The maximum atomic E-state index is 13.0. The Labute approximate surface area is 157 Å². The van der Waals surface area contributed by atoms with E-state index in [0.717, 1.165) is 54.8 Å². The molecule has 1 fully saturated rings. The van der Waals surface area contributed by atoms with Crippen LogP contribution in [0.25, 0.3) is 11.0 Å². The van der Waals surface area contributed by atoms with Gasteiger partial charge < -0.3 is 9.42 Å². The average molecular weight is 367 g/mol. The summed E-state index contributed by atoms with van der Waals surface area (Å²) in [5.41, 5.74) is 2.59. The molecule has 1 saturated heterocycles. The van der Waals surface area contributed by atoms with E-state index in [-0.39, 0.29) is 11.7 Å². The summed E-state index contributed by atoms with van der Waals surface area (Å²) < 4.78 is 18.4. The summed E-state index contributed by atoms with van der Waals surface area (Å²) in [5.74, 6) is -0.188. The zero-order valence-corrected chi connectivity index (χ0v) is 15.1. The van der Waals surface area contributed by atoms with Crippen LogP contribution in [-0.4, -0.2) is 47.0 Å². The molecular weight excluding hydrogens is 345 g/mol. The molecule has 1 aromatic heterocycles. The largest absolute Gasteiger partial charge is 0.356 e. The second-order valence-electron chi connectivity index (χ2n) is 6.94. The number of rotatable bonds is 4. The maximum absolute atomic E-state index is 13.0. The highest BCUT2D eigenvalue weighted by Crippen LogP contribution is 2.20. The Morgan fingerprint density at radius 2 is 1.85 bits per heavy atom. The lowest BCUT2D eigenvalue weighted by Gasteiger charge is -2.21. The Hall–Kier alpha value is -2.73. The van der Waals surface area contributed by atoms with Gasteiger partial charge in [-0.3, -0.25) is 9.69 Å². The third-order valence-corrected chi connectivity index (χ3v) is 5.04. The predicted octanol–water partition coefficient (Wildman–Crippen LogP) is 3.24. The molecule has 1 aliphatic rings. The lowest BCUT2D eigenvalue weighted by Crippen LogP contribution is -2.36. The summed E-state index contributed by atoms with van der Waals surface area (Å²) in [6, 6.07) is 14.0. The zero-order chi connectivity index (χ0) is 18.6. The molecule has 3 aromatic rings. The van der Waals surface area contributed by atoms with Gasteiger partial charge in [-0.1, -0.05) is 29.4 Å². The molecule has 27 heavy (non-hydrogen) atoms. The van der Waals surface area contributed by atoms with Gasteiger partial charge in [-0.15, -0.1) is 0 Å². The first kappa shape index (κ1) is 17.7. The van der Waals surface area contributed by atoms with Crippen LogP contribution in [0.4, 0.5) is 4.39 Å². The van der Waals surface area contributed by atoms with Crippen molar-refractivity contribution in [2.75, 3.05) is 26.2 Å². The number of fused-ring (bicyclic) bond motifs is 1. The molecule has 0 saturated carbocycles. The predicted molar refractivity (Wildman–Crippen MR) is 101 cm³/mol. The number of nitrogens with zero attached hydrogens (tertiary/aromatic N) is 3. The molecule has 0 spiro atoms. The number of benzene rings is 2. The third kappa shape index (κ3) is 4.17. The van der Waals surface area contributed by atoms with Crippen molar-refractivity contribution in [3.8, 4) is 0 Å². The fourth-order valence-electron chi connectivity index (χ4n) is 3.53. The molecule has 4 rings (SSSR count). The molecular formula is C21H22FN3O2. The van der Waals surface area contributed by atoms with Crippen molar-refractivity contribution in [2.45, 2.75) is 19.4 Å². The van der Waals surface area contributed by atoms with Gasteiger partial charge >= 0.3 is 0 Å². The van der Waals surface area contributed by atoms with Crippen LogP contribution in [0.3, 0.4) is 0 Å². The van der Waals surface area contributed by atoms with E-state index in [1.807, 2.05) is 29.2 Å². The van der Waals surface area contributed by atoms with E-state index in [1.54, 1.807) is 12.1 Å². The molecule has 6 heteroatoms. The quantitative estimate of drug-likeness (QED) is 0.710. The summed E-state index contributed by atoms with van der Waals surface area (Å²) in [4.78, 5) is 16.8. The van der Waals surface area contributed by atoms with Crippen molar-refractivity contribution < 1.29 is 13.7 Å². The van der Waals surface area contributed by atoms with E-state index in [0.29, 0.717) is 13.0 Å². The zero-order valence-electron chi connectivity index (χ0n) is 15.1. The van der Waals surface area contributed by atoms with Crippen molar-refractivity contribution in [3.63, 3.8) is 0 Å². The molecule has 1 amide bonds. The second kappa shape index (κ2) is 7.88. The number of carbonyl (C=O) groups is 1. The molecule has 2 heterocycles. The van der Waals surface area contributed by atoms with Gasteiger partial charge in [0.25, 0.3) is 0 Å². The number of hydrogen-bond donors (Lipinski definition) is 0. The number of amides is 1. The first-order chi connectivity index (χ1) is 13.2. The Bertz CT molecular complexity index is 923. The molecule has 0 atom stereocenters. The van der Waals surface area contributed by atoms with Gasteiger partial charge in [-0.25, -0.2) is 4.39 Å². The molecule has 0 N–H and O–H groups in total. The van der Waals surface area contributed by atoms with E-state index >= 15 is 0 Å². The van der Waals surface area contributed by atoms with Crippen LogP contribution < -0.4 is 0 Å². The Morgan fingerprint density at radius 1 is 1.04 bits per heavy atom. The highest BCUT2D eigenvalue weighted by molar-refractivity contribution is 5.79. The van der Waals surface area contributed by atoms with Gasteiger partial charge in [0, 0.05) is 38.1 Å². The highest BCUT2D eigenvalue weighted by atomic mass is 19.1. The van der Waals surface area contributed by atoms with Crippen LogP contribution in [0, 0.1) is 5.82 Å². The summed E-state index contributed by atoms with van der Waals surface area (Å²) in [5, 5.41) is 5.26. The Kier molecular flexibility index (Phi) is 5.16. The van der Waals surface area contributed by atoms with Crippen LogP contribution >= 0.6 is 0 Å². The molecule has 0 aliphatic carbocycles. The monoisotopic (exact) mass is 367 g/mol. The molecule has 5 nitrogen and oxygen atoms in total. The minimum Gasteiger partial charge on any atom is -0.356 e. The summed E-state index contributed by atoms with van der Waals surface area (Å²) in [6.45, 7) is 3.88. The van der Waals surface area contributed by atoms with E-state index in [2.05, 4.69) is 10.1 Å². The lowest BCUT2D eigenvalue weighted by atomic mass is 10.1. The number of hydrogen-bond acceptors (Lipinski definition) is 4. The average Bonchev–Trinajstić information content (AvgIpc) is 2.93. The standard InChI is InChI=1S/C21H22FN3O2/c22-17-8-6-16(7-9-17)14-21(26)25-11-3-10-24(12-13-25)15-19-18-4-1-2-5-20(18)27-23-19/h1-2,4-9H,3,10-15H2. The normalized spacial score (nSPS) is 15.8. The molecule has 2 aromatic carbocycles. The number of halogens is 1. The molecule has 0 unspecified atom stereocenters. The summed E-state index contributed by atoms with van der Waals surface area (Å²) >= 11 is 0. The van der Waals surface area contributed by atoms with E-state index in [4.69, 9.17) is 4.52 Å². The van der Waals surface area contributed by atoms with E-state index in [9.17, 15) is 9.18 Å². The number of aromatic nitrogens is 1. The van der Waals surface area contributed by atoms with Crippen molar-refractivity contribution in [1.82, 2.24) is 15.0 Å². The molecule has 0 bridgehead atoms. The van der Waals surface area contributed by atoms with Gasteiger partial charge in [0.1, 0.15) is 11.5 Å². The van der Waals surface area contributed by atoms with Crippen LogP contribution in [0.15, 0.2) is 53.1 Å². The fourth-order valence-corrected chi connectivity index (χ4v) is 3.53. The second-order valence-corrected chi connectivity index (χ2v) is 6.94. The smallest absolute Gasteiger partial charge is 0.227 e. The van der Waals surface area contributed by atoms with Crippen molar-refractivity contribution in [1.29, 1.82) is 0 Å². The van der Waals surface area contributed by atoms with E-state index < -0.39 is 0 Å². The van der Waals surface area contributed by atoms with Crippen LogP contribution in [0.2, 0.25) is 0 Å². The van der Waals surface area contributed by atoms with Gasteiger partial charge in [0.05, 0.1) is 6.42 Å². The SMILES string of the molecule is O=C(Cc1ccc(F)cc1)N1CCCN(Cc2noc3ccccc23)CC1. The van der Waals surface area contributed by atoms with E-state index in [1.165, 1.54) is 12.1 Å². The van der Waals surface area contributed by atoms with Crippen LogP contribution in [0.5, 0.6) is 0 Å². The highest BCUT2D eigenvalue weighted by Gasteiger charge is 2.20. The molecule has 140 valence electrons. The summed E-state index contributed by atoms with van der Waals surface area (Å²) in [7, 11) is 0. The Balaban J connectivity index is 1.36. The maximum Gasteiger partial charge on any atom is 0.227 e. The molecule has 0 radical (unpaired) electrons. The first-order valence-corrected chi connectivity index (χ1v) is 9.27. The lowest BCUT2D eigenvalue weighted by molar-refractivity contribution is -0.130. The first-order valence-electron chi connectivity index (χ1n) is 9.27. The number of para-hydroxylation sites is 1. The van der Waals surface area contributed by atoms with Crippen molar-refractivity contribution in [2.24, 2.45) is 0 Å². The third-order valence-electron chi connectivity index (χ3n) is 5.04. The van der Waals surface area contributed by atoms with Crippen molar-refractivity contribution >= 4 is 16.9 Å². The van der Waals surface area contributed by atoms with Crippen molar-refractivity contribution in [3.05, 3.63) is 65.6 Å². The van der Waals surface area contributed by atoms with Crippen LogP contribution in [-0.2, 0) is 17.8 Å².